The number of ether oxygens (including phenoxy) is 1. The Morgan fingerprint density at radius 1 is 1.44 bits per heavy atom. The SMILES string of the molecule is CCOC(=O)CCn1c(C)nnc1SCC(=O)O. The van der Waals surface area contributed by atoms with Gasteiger partial charge in [-0.15, -0.1) is 10.2 Å². The molecule has 0 amide bonds. The molecule has 1 aromatic rings. The molecule has 1 heterocycles. The third-order valence-corrected chi connectivity index (χ3v) is 3.02. The fraction of sp³-hybridized carbons (Fsp3) is 0.600. The molecule has 100 valence electrons. The van der Waals surface area contributed by atoms with Crippen molar-refractivity contribution >= 4 is 23.7 Å². The van der Waals surface area contributed by atoms with Gasteiger partial charge >= 0.3 is 11.9 Å². The summed E-state index contributed by atoms with van der Waals surface area (Å²) in [4.78, 5) is 21.7. The molecule has 0 aliphatic heterocycles. The summed E-state index contributed by atoms with van der Waals surface area (Å²) < 4.78 is 6.54. The zero-order valence-electron chi connectivity index (χ0n) is 10.3. The Labute approximate surface area is 109 Å². The second-order valence-electron chi connectivity index (χ2n) is 3.42. The highest BCUT2D eigenvalue weighted by molar-refractivity contribution is 7.99. The normalized spacial score (nSPS) is 10.3. The molecule has 0 saturated heterocycles. The summed E-state index contributed by atoms with van der Waals surface area (Å²) in [6, 6.07) is 0. The van der Waals surface area contributed by atoms with Gasteiger partial charge in [0.25, 0.3) is 0 Å². The number of hydrogen-bond donors (Lipinski definition) is 1. The number of nitrogens with zero attached hydrogens (tertiary/aromatic N) is 3. The Kier molecular flexibility index (Phi) is 5.63. The standard InChI is InChI=1S/C10H15N3O4S/c1-3-17-9(16)4-5-13-7(2)11-12-10(13)18-6-8(14)15/h3-6H2,1-2H3,(H,14,15). The van der Waals surface area contributed by atoms with E-state index in [0.29, 0.717) is 24.1 Å². The molecule has 0 saturated carbocycles. The predicted molar refractivity (Wildman–Crippen MR) is 64.4 cm³/mol. The van der Waals surface area contributed by atoms with Gasteiger partial charge in [-0.1, -0.05) is 11.8 Å². The minimum atomic E-state index is -0.919. The number of carbonyl (C=O) groups is 2. The molecule has 18 heavy (non-hydrogen) atoms. The highest BCUT2D eigenvalue weighted by atomic mass is 32.2. The zero-order chi connectivity index (χ0) is 13.5. The number of aliphatic carboxylic acids is 1. The number of rotatable bonds is 7. The summed E-state index contributed by atoms with van der Waals surface area (Å²) in [5, 5.41) is 16.8. The van der Waals surface area contributed by atoms with Crippen LogP contribution in [0, 0.1) is 6.92 Å². The topological polar surface area (TPSA) is 94.3 Å². The lowest BCUT2D eigenvalue weighted by Crippen LogP contribution is -2.11. The van der Waals surface area contributed by atoms with Crippen LogP contribution >= 0.6 is 11.8 Å². The van der Waals surface area contributed by atoms with E-state index in [9.17, 15) is 9.59 Å². The maximum Gasteiger partial charge on any atom is 0.313 e. The Balaban J connectivity index is 2.60. The third-order valence-electron chi connectivity index (χ3n) is 2.07. The van der Waals surface area contributed by atoms with E-state index >= 15 is 0 Å². The Morgan fingerprint density at radius 2 is 2.17 bits per heavy atom. The average molecular weight is 273 g/mol. The molecule has 1 rings (SSSR count). The van der Waals surface area contributed by atoms with Crippen molar-refractivity contribution in [2.24, 2.45) is 0 Å². The van der Waals surface area contributed by atoms with Crippen LogP contribution in [-0.2, 0) is 20.9 Å². The minimum absolute atomic E-state index is 0.0858. The number of aromatic nitrogens is 3. The van der Waals surface area contributed by atoms with E-state index in [4.69, 9.17) is 9.84 Å². The second kappa shape index (κ2) is 7.00. The molecule has 0 radical (unpaired) electrons. The van der Waals surface area contributed by atoms with Crippen molar-refractivity contribution < 1.29 is 19.4 Å². The average Bonchev–Trinajstić information content (AvgIpc) is 2.65. The Hall–Kier alpha value is -1.57. The highest BCUT2D eigenvalue weighted by Crippen LogP contribution is 2.16. The lowest BCUT2D eigenvalue weighted by Gasteiger charge is -2.07. The molecule has 0 unspecified atom stereocenters. The molecular weight excluding hydrogens is 258 g/mol. The van der Waals surface area contributed by atoms with E-state index in [1.54, 1.807) is 18.4 Å². The smallest absolute Gasteiger partial charge is 0.313 e. The summed E-state index contributed by atoms with van der Waals surface area (Å²) >= 11 is 1.08. The fourth-order valence-corrected chi connectivity index (χ4v) is 2.02. The summed E-state index contributed by atoms with van der Waals surface area (Å²) in [7, 11) is 0. The van der Waals surface area contributed by atoms with Crippen molar-refractivity contribution in [2.75, 3.05) is 12.4 Å². The highest BCUT2D eigenvalue weighted by Gasteiger charge is 2.12. The van der Waals surface area contributed by atoms with Crippen LogP contribution in [0.4, 0.5) is 0 Å². The minimum Gasteiger partial charge on any atom is -0.481 e. The summed E-state index contributed by atoms with van der Waals surface area (Å²) in [5.74, 6) is -0.651. The molecule has 8 heteroatoms. The van der Waals surface area contributed by atoms with Crippen LogP contribution in [0.15, 0.2) is 5.16 Å². The molecule has 0 aliphatic rings. The van der Waals surface area contributed by atoms with Crippen LogP contribution in [0.2, 0.25) is 0 Å². The van der Waals surface area contributed by atoms with Crippen molar-refractivity contribution in [1.29, 1.82) is 0 Å². The van der Waals surface area contributed by atoms with E-state index in [-0.39, 0.29) is 18.1 Å². The monoisotopic (exact) mass is 273 g/mol. The molecule has 1 N–H and O–H groups in total. The number of hydrogen-bond acceptors (Lipinski definition) is 6. The lowest BCUT2D eigenvalue weighted by molar-refractivity contribution is -0.143. The lowest BCUT2D eigenvalue weighted by atomic mass is 10.4. The zero-order valence-corrected chi connectivity index (χ0v) is 11.1. The first-order chi connectivity index (χ1) is 8.54. The van der Waals surface area contributed by atoms with Gasteiger partial charge < -0.3 is 14.4 Å². The first kappa shape index (κ1) is 14.5. The quantitative estimate of drug-likeness (QED) is 0.577. The largest absolute Gasteiger partial charge is 0.481 e. The molecule has 0 bridgehead atoms. The number of carboxylic acids is 1. The van der Waals surface area contributed by atoms with Gasteiger partial charge in [0, 0.05) is 6.54 Å². The van der Waals surface area contributed by atoms with E-state index in [2.05, 4.69) is 10.2 Å². The van der Waals surface area contributed by atoms with Crippen molar-refractivity contribution in [2.45, 2.75) is 32.0 Å². The molecule has 0 spiro atoms. The van der Waals surface area contributed by atoms with Gasteiger partial charge in [0.15, 0.2) is 5.16 Å². The van der Waals surface area contributed by atoms with Crippen LogP contribution in [0.5, 0.6) is 0 Å². The van der Waals surface area contributed by atoms with Gasteiger partial charge in [-0.25, -0.2) is 0 Å². The van der Waals surface area contributed by atoms with Crippen molar-refractivity contribution in [3.05, 3.63) is 5.82 Å². The van der Waals surface area contributed by atoms with Gasteiger partial charge in [-0.3, -0.25) is 9.59 Å². The second-order valence-corrected chi connectivity index (χ2v) is 4.36. The van der Waals surface area contributed by atoms with Crippen molar-refractivity contribution in [1.82, 2.24) is 14.8 Å². The number of carboxylic acid groups (broad SMARTS) is 1. The van der Waals surface area contributed by atoms with E-state index in [1.807, 2.05) is 0 Å². The summed E-state index contributed by atoms with van der Waals surface area (Å²) in [6.45, 7) is 4.24. The van der Waals surface area contributed by atoms with Gasteiger partial charge in [0.2, 0.25) is 0 Å². The number of carbonyl (C=O) groups excluding carboxylic acids is 1. The Bertz CT molecular complexity index is 433. The molecule has 0 aromatic carbocycles. The van der Waals surface area contributed by atoms with Gasteiger partial charge in [-0.2, -0.15) is 0 Å². The van der Waals surface area contributed by atoms with Crippen LogP contribution in [0.1, 0.15) is 19.2 Å². The van der Waals surface area contributed by atoms with Gasteiger partial charge in [-0.05, 0) is 13.8 Å². The van der Waals surface area contributed by atoms with Crippen LogP contribution in [-0.4, -0.2) is 44.2 Å². The summed E-state index contributed by atoms with van der Waals surface area (Å²) in [6.07, 6.45) is 0.216. The van der Waals surface area contributed by atoms with Crippen molar-refractivity contribution in [3.8, 4) is 0 Å². The first-order valence-electron chi connectivity index (χ1n) is 5.44. The van der Waals surface area contributed by atoms with E-state index in [1.165, 1.54) is 0 Å². The maximum atomic E-state index is 11.2. The molecule has 0 fully saturated rings. The number of aryl methyl sites for hydroxylation is 1. The van der Waals surface area contributed by atoms with Gasteiger partial charge in [0.1, 0.15) is 5.82 Å². The summed E-state index contributed by atoms with van der Waals surface area (Å²) in [5.41, 5.74) is 0. The first-order valence-corrected chi connectivity index (χ1v) is 6.43. The molecular formula is C10H15N3O4S. The molecule has 0 aliphatic carbocycles. The van der Waals surface area contributed by atoms with Crippen LogP contribution in [0.25, 0.3) is 0 Å². The third kappa shape index (κ3) is 4.36. The Morgan fingerprint density at radius 3 is 2.78 bits per heavy atom. The predicted octanol–water partition coefficient (Wildman–Crippen LogP) is 0.716. The fourth-order valence-electron chi connectivity index (χ4n) is 1.29. The number of thioether (sulfide) groups is 1. The van der Waals surface area contributed by atoms with Crippen LogP contribution in [0.3, 0.4) is 0 Å². The molecule has 7 nitrogen and oxygen atoms in total. The van der Waals surface area contributed by atoms with E-state index < -0.39 is 5.97 Å². The number of esters is 1. The molecule has 1 aromatic heterocycles. The molecule has 0 atom stereocenters. The van der Waals surface area contributed by atoms with Crippen LogP contribution < -0.4 is 0 Å². The van der Waals surface area contributed by atoms with E-state index in [0.717, 1.165) is 11.8 Å². The van der Waals surface area contributed by atoms with Gasteiger partial charge in [0.05, 0.1) is 18.8 Å². The maximum absolute atomic E-state index is 11.2. The van der Waals surface area contributed by atoms with Crippen molar-refractivity contribution in [3.63, 3.8) is 0 Å².